The van der Waals surface area contributed by atoms with E-state index in [4.69, 9.17) is 0 Å². The minimum Gasteiger partial charge on any atom is -0.469 e. The Labute approximate surface area is 96.6 Å². The molecule has 1 aromatic heterocycles. The topological polar surface area (TPSA) is 39.2 Å². The molecule has 1 unspecified atom stereocenters. The molecule has 6 heteroatoms. The Balaban J connectivity index is 2.83. The minimum atomic E-state index is -4.47. The van der Waals surface area contributed by atoms with Crippen LogP contribution in [0, 0.1) is 5.92 Å². The summed E-state index contributed by atoms with van der Waals surface area (Å²) in [7, 11) is 1.24. The summed E-state index contributed by atoms with van der Waals surface area (Å²) in [5.74, 6) is -0.932. The van der Waals surface area contributed by atoms with Crippen LogP contribution in [0.2, 0.25) is 0 Å². The van der Waals surface area contributed by atoms with Crippen molar-refractivity contribution in [2.75, 3.05) is 7.11 Å². The van der Waals surface area contributed by atoms with Crippen LogP contribution >= 0.6 is 0 Å². The zero-order valence-electron chi connectivity index (χ0n) is 9.41. The molecule has 0 aromatic carbocycles. The number of alkyl halides is 3. The van der Waals surface area contributed by atoms with Crippen molar-refractivity contribution in [3.05, 3.63) is 29.6 Å². The van der Waals surface area contributed by atoms with Crippen LogP contribution in [0.1, 0.15) is 18.2 Å². The SMILES string of the molecule is COC(=O)C(C)Cc1ccnc(C(F)(F)F)c1. The van der Waals surface area contributed by atoms with Gasteiger partial charge in [-0.05, 0) is 24.1 Å². The van der Waals surface area contributed by atoms with Crippen LogP contribution < -0.4 is 0 Å². The molecule has 0 saturated carbocycles. The molecule has 0 aliphatic heterocycles. The number of carbonyl (C=O) groups excluding carboxylic acids is 1. The third-order valence-corrected chi connectivity index (χ3v) is 2.26. The highest BCUT2D eigenvalue weighted by Crippen LogP contribution is 2.28. The molecule has 0 aliphatic carbocycles. The fourth-order valence-corrected chi connectivity index (χ4v) is 1.39. The van der Waals surface area contributed by atoms with Gasteiger partial charge in [-0.15, -0.1) is 0 Å². The summed E-state index contributed by atoms with van der Waals surface area (Å²) in [5.41, 5.74) is -0.544. The van der Waals surface area contributed by atoms with Crippen LogP contribution in [-0.4, -0.2) is 18.1 Å². The largest absolute Gasteiger partial charge is 0.469 e. The summed E-state index contributed by atoms with van der Waals surface area (Å²) < 4.78 is 41.6. The highest BCUT2D eigenvalue weighted by atomic mass is 19.4. The molecule has 0 saturated heterocycles. The predicted octanol–water partition coefficient (Wildman–Crippen LogP) is 2.45. The number of ether oxygens (including phenoxy) is 1. The molecule has 3 nitrogen and oxygen atoms in total. The number of hydrogen-bond acceptors (Lipinski definition) is 3. The molecule has 0 radical (unpaired) electrons. The number of carbonyl (C=O) groups is 1. The fourth-order valence-electron chi connectivity index (χ4n) is 1.39. The normalized spacial score (nSPS) is 13.2. The highest BCUT2D eigenvalue weighted by Gasteiger charge is 2.32. The second-order valence-electron chi connectivity index (χ2n) is 3.68. The van der Waals surface area contributed by atoms with Gasteiger partial charge in [0.15, 0.2) is 0 Å². The van der Waals surface area contributed by atoms with E-state index in [9.17, 15) is 18.0 Å². The van der Waals surface area contributed by atoms with Crippen molar-refractivity contribution in [1.82, 2.24) is 4.98 Å². The van der Waals surface area contributed by atoms with E-state index in [1.165, 1.54) is 13.2 Å². The molecular formula is C11H12F3NO2. The van der Waals surface area contributed by atoms with Gasteiger partial charge in [-0.2, -0.15) is 13.2 Å². The monoisotopic (exact) mass is 247 g/mol. The van der Waals surface area contributed by atoms with E-state index in [1.807, 2.05) is 0 Å². The van der Waals surface area contributed by atoms with Gasteiger partial charge in [-0.25, -0.2) is 0 Å². The summed E-state index contributed by atoms with van der Waals surface area (Å²) in [6, 6.07) is 2.40. The van der Waals surface area contributed by atoms with Crippen LogP contribution in [0.3, 0.4) is 0 Å². The van der Waals surface area contributed by atoms with Crippen molar-refractivity contribution in [2.24, 2.45) is 5.92 Å². The Morgan fingerprint density at radius 2 is 2.18 bits per heavy atom. The van der Waals surface area contributed by atoms with E-state index in [1.54, 1.807) is 6.92 Å². The standard InChI is InChI=1S/C11H12F3NO2/c1-7(10(16)17-2)5-8-3-4-15-9(6-8)11(12,13)14/h3-4,6-7H,5H2,1-2H3. The van der Waals surface area contributed by atoms with Crippen molar-refractivity contribution in [2.45, 2.75) is 19.5 Å². The maximum Gasteiger partial charge on any atom is 0.433 e. The summed E-state index contributed by atoms with van der Waals surface area (Å²) >= 11 is 0. The zero-order chi connectivity index (χ0) is 13.1. The Morgan fingerprint density at radius 3 is 2.71 bits per heavy atom. The van der Waals surface area contributed by atoms with Crippen LogP contribution in [0.4, 0.5) is 13.2 Å². The number of rotatable bonds is 3. The Morgan fingerprint density at radius 1 is 1.53 bits per heavy atom. The molecule has 1 aromatic rings. The van der Waals surface area contributed by atoms with E-state index in [2.05, 4.69) is 9.72 Å². The number of nitrogens with zero attached hydrogens (tertiary/aromatic N) is 1. The van der Waals surface area contributed by atoms with Gasteiger partial charge in [-0.1, -0.05) is 6.92 Å². The van der Waals surface area contributed by atoms with Gasteiger partial charge in [0, 0.05) is 6.20 Å². The van der Waals surface area contributed by atoms with E-state index in [0.29, 0.717) is 5.56 Å². The van der Waals surface area contributed by atoms with E-state index in [0.717, 1.165) is 12.3 Å². The average molecular weight is 247 g/mol. The van der Waals surface area contributed by atoms with E-state index < -0.39 is 23.8 Å². The molecule has 1 heterocycles. The fraction of sp³-hybridized carbons (Fsp3) is 0.455. The van der Waals surface area contributed by atoms with Crippen LogP contribution in [0.25, 0.3) is 0 Å². The van der Waals surface area contributed by atoms with Gasteiger partial charge >= 0.3 is 12.1 Å². The van der Waals surface area contributed by atoms with Crippen molar-refractivity contribution in [1.29, 1.82) is 0 Å². The second-order valence-corrected chi connectivity index (χ2v) is 3.68. The maximum atomic E-state index is 12.4. The van der Waals surface area contributed by atoms with Gasteiger partial charge in [0.1, 0.15) is 5.69 Å². The van der Waals surface area contributed by atoms with Gasteiger partial charge in [0.2, 0.25) is 0 Å². The summed E-state index contributed by atoms with van der Waals surface area (Å²) in [4.78, 5) is 14.4. The quantitative estimate of drug-likeness (QED) is 0.770. The number of pyridine rings is 1. The average Bonchev–Trinajstić information content (AvgIpc) is 2.27. The molecule has 0 N–H and O–H groups in total. The van der Waals surface area contributed by atoms with Crippen molar-refractivity contribution in [3.8, 4) is 0 Å². The molecule has 94 valence electrons. The molecule has 1 atom stereocenters. The molecule has 0 bridgehead atoms. The van der Waals surface area contributed by atoms with Crippen molar-refractivity contribution >= 4 is 5.97 Å². The first kappa shape index (κ1) is 13.5. The second kappa shape index (κ2) is 5.16. The van der Waals surface area contributed by atoms with E-state index in [-0.39, 0.29) is 6.42 Å². The lowest BCUT2D eigenvalue weighted by atomic mass is 10.0. The molecule has 1 rings (SSSR count). The van der Waals surface area contributed by atoms with Crippen molar-refractivity contribution < 1.29 is 22.7 Å². The smallest absolute Gasteiger partial charge is 0.433 e. The van der Waals surface area contributed by atoms with Crippen LogP contribution in [-0.2, 0) is 22.1 Å². The number of esters is 1. The van der Waals surface area contributed by atoms with Crippen LogP contribution in [0.15, 0.2) is 18.3 Å². The Kier molecular flexibility index (Phi) is 4.09. The Bertz CT molecular complexity index is 404. The summed E-state index contributed by atoms with van der Waals surface area (Å²) in [6.45, 7) is 1.60. The molecule has 0 fully saturated rings. The first-order valence-corrected chi connectivity index (χ1v) is 4.94. The zero-order valence-corrected chi connectivity index (χ0v) is 9.41. The summed E-state index contributed by atoms with van der Waals surface area (Å²) in [6.07, 6.45) is -3.19. The van der Waals surface area contributed by atoms with Crippen LogP contribution in [0.5, 0.6) is 0 Å². The summed E-state index contributed by atoms with van der Waals surface area (Å²) in [5, 5.41) is 0. The third kappa shape index (κ3) is 3.72. The lowest BCUT2D eigenvalue weighted by Gasteiger charge is -2.11. The molecule has 0 amide bonds. The molecule has 17 heavy (non-hydrogen) atoms. The third-order valence-electron chi connectivity index (χ3n) is 2.26. The number of hydrogen-bond donors (Lipinski definition) is 0. The predicted molar refractivity (Wildman–Crippen MR) is 54.1 cm³/mol. The van der Waals surface area contributed by atoms with E-state index >= 15 is 0 Å². The maximum absolute atomic E-state index is 12.4. The van der Waals surface area contributed by atoms with Gasteiger partial charge < -0.3 is 4.74 Å². The number of halogens is 3. The molecular weight excluding hydrogens is 235 g/mol. The number of methoxy groups -OCH3 is 1. The minimum absolute atomic E-state index is 0.193. The van der Waals surface area contributed by atoms with Gasteiger partial charge in [0.05, 0.1) is 13.0 Å². The number of aromatic nitrogens is 1. The van der Waals surface area contributed by atoms with Gasteiger partial charge in [0.25, 0.3) is 0 Å². The molecule has 0 spiro atoms. The Hall–Kier alpha value is -1.59. The molecule has 0 aliphatic rings. The first-order chi connectivity index (χ1) is 7.84. The van der Waals surface area contributed by atoms with Crippen molar-refractivity contribution in [3.63, 3.8) is 0 Å². The first-order valence-electron chi connectivity index (χ1n) is 4.94. The van der Waals surface area contributed by atoms with Gasteiger partial charge in [-0.3, -0.25) is 9.78 Å². The lowest BCUT2D eigenvalue weighted by molar-refractivity contribution is -0.144. The lowest BCUT2D eigenvalue weighted by Crippen LogP contribution is -2.16. The highest BCUT2D eigenvalue weighted by molar-refractivity contribution is 5.72.